The van der Waals surface area contributed by atoms with E-state index in [0.29, 0.717) is 17.5 Å². The van der Waals surface area contributed by atoms with Crippen molar-refractivity contribution < 1.29 is 23.6 Å². The first-order valence-electron chi connectivity index (χ1n) is 11.8. The molecular weight excluding hydrogens is 455 g/mol. The number of aromatic nitrogens is 2. The molecule has 2 amide bonds. The second kappa shape index (κ2) is 10.0. The first-order chi connectivity index (χ1) is 15.7. The minimum absolute atomic E-state index is 0.0618. The first kappa shape index (κ1) is 26.8. The van der Waals surface area contributed by atoms with Crippen LogP contribution < -0.4 is 10.8 Å². The number of amides is 2. The molecule has 0 radical (unpaired) electrons. The van der Waals surface area contributed by atoms with E-state index in [1.807, 2.05) is 32.6 Å². The summed E-state index contributed by atoms with van der Waals surface area (Å²) in [6.07, 6.45) is 4.72. The SMILES string of the molecule is C[C@@H](NC(=O)OC(C)(C)C)C(=O)N1CCC[C@H]1CSc1ncc(B2OC(C)(C)C(C)(C)O2)cn1. The molecule has 34 heavy (non-hydrogen) atoms. The number of ether oxygens (including phenoxy) is 1. The Bertz CT molecular complexity index is 874. The van der Waals surface area contributed by atoms with E-state index in [9.17, 15) is 9.59 Å². The van der Waals surface area contributed by atoms with Crippen LogP contribution in [0.2, 0.25) is 0 Å². The number of hydrogen-bond donors (Lipinski definition) is 1. The van der Waals surface area contributed by atoms with Crippen LogP contribution in [0.1, 0.15) is 68.2 Å². The van der Waals surface area contributed by atoms with Crippen LogP contribution in [0, 0.1) is 0 Å². The highest BCUT2D eigenvalue weighted by molar-refractivity contribution is 7.99. The van der Waals surface area contributed by atoms with Crippen molar-refractivity contribution in [2.75, 3.05) is 12.3 Å². The second-order valence-electron chi connectivity index (χ2n) is 10.9. The van der Waals surface area contributed by atoms with Crippen molar-refractivity contribution in [3.63, 3.8) is 0 Å². The van der Waals surface area contributed by atoms with Crippen molar-refractivity contribution in [1.29, 1.82) is 0 Å². The average Bonchev–Trinajstić information content (AvgIpc) is 3.26. The van der Waals surface area contributed by atoms with Gasteiger partial charge in [-0.3, -0.25) is 4.79 Å². The number of rotatable bonds is 6. The highest BCUT2D eigenvalue weighted by atomic mass is 32.2. The fourth-order valence-electron chi connectivity index (χ4n) is 3.77. The predicted molar refractivity (Wildman–Crippen MR) is 132 cm³/mol. The molecule has 2 aliphatic rings. The summed E-state index contributed by atoms with van der Waals surface area (Å²) in [4.78, 5) is 35.8. The van der Waals surface area contributed by atoms with Gasteiger partial charge in [-0.25, -0.2) is 14.8 Å². The van der Waals surface area contributed by atoms with Crippen LogP contribution in [-0.2, 0) is 18.8 Å². The Morgan fingerprint density at radius 3 is 2.38 bits per heavy atom. The predicted octanol–water partition coefficient (Wildman–Crippen LogP) is 2.77. The van der Waals surface area contributed by atoms with Gasteiger partial charge in [0.05, 0.1) is 11.2 Å². The van der Waals surface area contributed by atoms with E-state index in [4.69, 9.17) is 14.0 Å². The number of nitrogens with zero attached hydrogens (tertiary/aromatic N) is 3. The maximum absolute atomic E-state index is 13.0. The molecule has 0 unspecified atom stereocenters. The highest BCUT2D eigenvalue weighted by Crippen LogP contribution is 2.36. The van der Waals surface area contributed by atoms with Gasteiger partial charge in [-0.05, 0) is 68.2 Å². The first-order valence-corrected chi connectivity index (χ1v) is 12.8. The van der Waals surface area contributed by atoms with Crippen molar-refractivity contribution >= 4 is 36.3 Å². The third-order valence-electron chi connectivity index (χ3n) is 6.34. The molecule has 0 bridgehead atoms. The largest absolute Gasteiger partial charge is 0.498 e. The monoisotopic (exact) mass is 492 g/mol. The van der Waals surface area contributed by atoms with Crippen LogP contribution in [0.25, 0.3) is 0 Å². The zero-order valence-electron chi connectivity index (χ0n) is 21.5. The van der Waals surface area contributed by atoms with Gasteiger partial charge in [0.1, 0.15) is 11.6 Å². The summed E-state index contributed by atoms with van der Waals surface area (Å²) in [5.41, 5.74) is -0.668. The molecule has 0 saturated carbocycles. The van der Waals surface area contributed by atoms with Crippen LogP contribution >= 0.6 is 11.8 Å². The lowest BCUT2D eigenvalue weighted by molar-refractivity contribution is -0.133. The van der Waals surface area contributed by atoms with Crippen molar-refractivity contribution in [2.24, 2.45) is 0 Å². The number of hydrogen-bond acceptors (Lipinski definition) is 8. The molecule has 11 heteroatoms. The Balaban J connectivity index is 1.53. The van der Waals surface area contributed by atoms with Gasteiger partial charge in [-0.15, -0.1) is 0 Å². The van der Waals surface area contributed by atoms with Gasteiger partial charge < -0.3 is 24.3 Å². The Labute approximate surface area is 207 Å². The van der Waals surface area contributed by atoms with Crippen LogP contribution in [0.4, 0.5) is 4.79 Å². The number of carbonyl (C=O) groups is 2. The lowest BCUT2D eigenvalue weighted by atomic mass is 9.81. The van der Waals surface area contributed by atoms with Gasteiger partial charge in [-0.2, -0.15) is 0 Å². The summed E-state index contributed by atoms with van der Waals surface area (Å²) >= 11 is 1.51. The number of carbonyl (C=O) groups excluding carboxylic acids is 2. The van der Waals surface area contributed by atoms with Crippen LogP contribution in [0.15, 0.2) is 17.6 Å². The van der Waals surface area contributed by atoms with Crippen molar-refractivity contribution in [3.8, 4) is 0 Å². The molecule has 1 N–H and O–H groups in total. The molecule has 2 saturated heterocycles. The molecule has 1 aromatic rings. The van der Waals surface area contributed by atoms with Gasteiger partial charge >= 0.3 is 13.2 Å². The Morgan fingerprint density at radius 1 is 1.24 bits per heavy atom. The van der Waals surface area contributed by atoms with Crippen LogP contribution in [0.5, 0.6) is 0 Å². The third kappa shape index (κ3) is 6.43. The molecule has 2 fully saturated rings. The van der Waals surface area contributed by atoms with E-state index in [-0.39, 0.29) is 11.9 Å². The van der Waals surface area contributed by atoms with E-state index < -0.39 is 36.1 Å². The summed E-state index contributed by atoms with van der Waals surface area (Å²) < 4.78 is 17.4. The number of alkyl carbamates (subject to hydrolysis) is 1. The molecule has 9 nitrogen and oxygen atoms in total. The quantitative estimate of drug-likeness (QED) is 0.368. The van der Waals surface area contributed by atoms with E-state index in [1.165, 1.54) is 11.8 Å². The minimum Gasteiger partial charge on any atom is -0.444 e. The Kier molecular flexibility index (Phi) is 7.89. The van der Waals surface area contributed by atoms with Gasteiger partial charge in [0, 0.05) is 36.2 Å². The number of likely N-dealkylation sites (tertiary alicyclic amines) is 1. The number of nitrogens with one attached hydrogen (secondary N) is 1. The van der Waals surface area contributed by atoms with Gasteiger partial charge in [0.15, 0.2) is 5.16 Å². The summed E-state index contributed by atoms with van der Waals surface area (Å²) in [5.74, 6) is 0.576. The van der Waals surface area contributed by atoms with Crippen LogP contribution in [-0.4, -0.2) is 75.2 Å². The second-order valence-corrected chi connectivity index (χ2v) is 11.9. The van der Waals surface area contributed by atoms with E-state index in [1.54, 1.807) is 40.1 Å². The summed E-state index contributed by atoms with van der Waals surface area (Å²) in [6.45, 7) is 15.8. The molecule has 1 aromatic heterocycles. The molecule has 0 aromatic carbocycles. The standard InChI is InChI=1S/C23H37BN4O5S/c1-15(27-20(30)31-21(2,3)4)18(29)28-11-9-10-17(28)14-34-19-25-12-16(13-26-19)24-32-22(5,6)23(7,8)33-24/h12-13,15,17H,9-11,14H2,1-8H3,(H,27,30)/t15-,17+/m1/s1. The fourth-order valence-corrected chi connectivity index (χ4v) is 4.71. The molecule has 3 heterocycles. The summed E-state index contributed by atoms with van der Waals surface area (Å²) in [6, 6.07) is -0.595. The van der Waals surface area contributed by atoms with E-state index >= 15 is 0 Å². The van der Waals surface area contributed by atoms with Gasteiger partial charge in [0.2, 0.25) is 5.91 Å². The Morgan fingerprint density at radius 2 is 1.82 bits per heavy atom. The Hall–Kier alpha value is -1.85. The van der Waals surface area contributed by atoms with Crippen molar-refractivity contribution in [1.82, 2.24) is 20.2 Å². The zero-order valence-corrected chi connectivity index (χ0v) is 22.3. The van der Waals surface area contributed by atoms with Crippen LogP contribution in [0.3, 0.4) is 0 Å². The summed E-state index contributed by atoms with van der Waals surface area (Å²) in [5, 5.41) is 3.28. The molecule has 3 rings (SSSR count). The molecule has 188 valence electrons. The lowest BCUT2D eigenvalue weighted by Gasteiger charge is -2.32. The molecular formula is C23H37BN4O5S. The van der Waals surface area contributed by atoms with Crippen molar-refractivity contribution in [2.45, 2.75) is 102 Å². The smallest absolute Gasteiger partial charge is 0.444 e. The molecule has 2 atom stereocenters. The average molecular weight is 492 g/mol. The topological polar surface area (TPSA) is 103 Å². The van der Waals surface area contributed by atoms with Gasteiger partial charge in [-0.1, -0.05) is 11.8 Å². The molecule has 0 aliphatic carbocycles. The third-order valence-corrected chi connectivity index (χ3v) is 7.36. The zero-order chi connectivity index (χ0) is 25.3. The van der Waals surface area contributed by atoms with Gasteiger partial charge in [0.25, 0.3) is 0 Å². The van der Waals surface area contributed by atoms with Crippen molar-refractivity contribution in [3.05, 3.63) is 12.4 Å². The highest BCUT2D eigenvalue weighted by Gasteiger charge is 2.52. The van der Waals surface area contributed by atoms with E-state index in [0.717, 1.165) is 18.3 Å². The fraction of sp³-hybridized carbons (Fsp3) is 0.739. The lowest BCUT2D eigenvalue weighted by Crippen LogP contribution is -2.50. The normalized spacial score (nSPS) is 22.5. The number of thioether (sulfide) groups is 1. The molecule has 2 aliphatic heterocycles. The van der Waals surface area contributed by atoms with E-state index in [2.05, 4.69) is 15.3 Å². The minimum atomic E-state index is -0.657. The molecule has 0 spiro atoms. The maximum Gasteiger partial charge on any atom is 0.498 e. The summed E-state index contributed by atoms with van der Waals surface area (Å²) in [7, 11) is -0.494. The maximum atomic E-state index is 13.0.